The highest BCUT2D eigenvalue weighted by atomic mass is 35.5. The van der Waals surface area contributed by atoms with Crippen LogP contribution in [0.25, 0.3) is 0 Å². The van der Waals surface area contributed by atoms with E-state index in [-0.39, 0.29) is 12.5 Å². The van der Waals surface area contributed by atoms with E-state index in [0.717, 1.165) is 24.3 Å². The van der Waals surface area contributed by atoms with Gasteiger partial charge in [0.15, 0.2) is 5.92 Å². The minimum absolute atomic E-state index is 0.216. The maximum atomic E-state index is 12.9. The largest absolute Gasteiger partial charge is 0.465 e. The number of carbonyl (C=O) groups excluding carboxylic acids is 2. The van der Waals surface area contributed by atoms with Crippen LogP contribution in [0.2, 0.25) is 5.02 Å². The van der Waals surface area contributed by atoms with Gasteiger partial charge in [0, 0.05) is 36.9 Å². The third-order valence-electron chi connectivity index (χ3n) is 5.55. The number of nitrogens with one attached hydrogen (secondary N) is 1. The maximum Gasteiger partial charge on any atom is 0.321 e. The number of ether oxygens (including phenoxy) is 1. The molecule has 2 heterocycles. The Hall–Kier alpha value is -3.06. The summed E-state index contributed by atoms with van der Waals surface area (Å²) in [5, 5.41) is 3.55. The number of amides is 1. The number of guanidine groups is 1. The summed E-state index contributed by atoms with van der Waals surface area (Å²) in [5.74, 6) is -1.42. The topological polar surface area (TPSA) is 74.2 Å². The number of hydrogen-bond acceptors (Lipinski definition) is 6. The first-order valence-corrected chi connectivity index (χ1v) is 10.8. The number of halogens is 1. The number of aliphatic imine (C=N–C) groups is 1. The van der Waals surface area contributed by atoms with Crippen molar-refractivity contribution >= 4 is 35.1 Å². The van der Waals surface area contributed by atoms with Crippen LogP contribution < -0.4 is 10.2 Å². The number of anilines is 1. The molecule has 2 aliphatic rings. The highest BCUT2D eigenvalue weighted by molar-refractivity contribution is 6.30. The average Bonchev–Trinajstić information content (AvgIpc) is 2.80. The van der Waals surface area contributed by atoms with Crippen molar-refractivity contribution in [2.24, 2.45) is 10.9 Å². The highest BCUT2D eigenvalue weighted by Gasteiger charge is 2.42. The summed E-state index contributed by atoms with van der Waals surface area (Å²) in [6.07, 6.45) is 0. The van der Waals surface area contributed by atoms with Crippen molar-refractivity contribution in [3.05, 3.63) is 65.2 Å². The van der Waals surface area contributed by atoms with Crippen molar-refractivity contribution in [3.8, 4) is 0 Å². The Bertz CT molecular complexity index is 957. The fourth-order valence-corrected chi connectivity index (χ4v) is 4.07. The predicted octanol–water partition coefficient (Wildman–Crippen LogP) is 2.87. The number of piperazine rings is 1. The van der Waals surface area contributed by atoms with E-state index in [0.29, 0.717) is 24.1 Å². The van der Waals surface area contributed by atoms with Gasteiger partial charge in [-0.2, -0.15) is 0 Å². The van der Waals surface area contributed by atoms with Crippen LogP contribution in [0.1, 0.15) is 18.5 Å². The smallest absolute Gasteiger partial charge is 0.321 e. The zero-order valence-electron chi connectivity index (χ0n) is 17.3. The molecule has 2 aromatic rings. The Morgan fingerprint density at radius 1 is 1.06 bits per heavy atom. The van der Waals surface area contributed by atoms with Gasteiger partial charge in [0.1, 0.15) is 6.04 Å². The Balaban J connectivity index is 1.53. The van der Waals surface area contributed by atoms with Crippen LogP contribution in [-0.4, -0.2) is 55.5 Å². The number of hydrogen-bond donors (Lipinski definition) is 1. The molecule has 1 N–H and O–H groups in total. The van der Waals surface area contributed by atoms with Gasteiger partial charge in [0.25, 0.3) is 0 Å². The van der Waals surface area contributed by atoms with Gasteiger partial charge < -0.3 is 14.5 Å². The first-order valence-electron chi connectivity index (χ1n) is 10.4. The Morgan fingerprint density at radius 3 is 2.35 bits per heavy atom. The van der Waals surface area contributed by atoms with E-state index in [2.05, 4.69) is 15.1 Å². The van der Waals surface area contributed by atoms with Gasteiger partial charge >= 0.3 is 5.97 Å². The van der Waals surface area contributed by atoms with Gasteiger partial charge in [-0.15, -0.1) is 0 Å². The fraction of sp³-hybridized carbons (Fsp3) is 0.348. The van der Waals surface area contributed by atoms with Gasteiger partial charge in [-0.1, -0.05) is 41.9 Å². The highest BCUT2D eigenvalue weighted by Crippen LogP contribution is 2.31. The second kappa shape index (κ2) is 9.39. The minimum Gasteiger partial charge on any atom is -0.465 e. The molecule has 1 amide bonds. The van der Waals surface area contributed by atoms with Crippen LogP contribution in [0.3, 0.4) is 0 Å². The third kappa shape index (κ3) is 4.66. The van der Waals surface area contributed by atoms with E-state index in [1.165, 1.54) is 0 Å². The van der Waals surface area contributed by atoms with Crippen LogP contribution in [0.4, 0.5) is 5.69 Å². The Labute approximate surface area is 186 Å². The Morgan fingerprint density at radius 2 is 1.71 bits per heavy atom. The first kappa shape index (κ1) is 21.2. The summed E-state index contributed by atoms with van der Waals surface area (Å²) in [5.41, 5.74) is 1.93. The molecule has 0 aromatic heterocycles. The van der Waals surface area contributed by atoms with Crippen LogP contribution in [0, 0.1) is 5.92 Å². The normalized spacial score (nSPS) is 21.4. The van der Waals surface area contributed by atoms with Crippen LogP contribution in [0.15, 0.2) is 59.6 Å². The van der Waals surface area contributed by atoms with Crippen molar-refractivity contribution in [3.63, 3.8) is 0 Å². The number of rotatable bonds is 4. The molecule has 2 aromatic carbocycles. The van der Waals surface area contributed by atoms with Gasteiger partial charge in [-0.3, -0.25) is 14.9 Å². The van der Waals surface area contributed by atoms with Crippen molar-refractivity contribution in [1.82, 2.24) is 10.2 Å². The van der Waals surface area contributed by atoms with Crippen molar-refractivity contribution in [2.75, 3.05) is 37.7 Å². The second-order valence-electron chi connectivity index (χ2n) is 7.48. The van der Waals surface area contributed by atoms with Gasteiger partial charge in [-0.25, -0.2) is 4.99 Å². The molecule has 1 fully saturated rings. The molecule has 0 radical (unpaired) electrons. The molecule has 2 atom stereocenters. The number of carbonyl (C=O) groups is 2. The lowest BCUT2D eigenvalue weighted by Gasteiger charge is -2.39. The monoisotopic (exact) mass is 440 g/mol. The van der Waals surface area contributed by atoms with Crippen LogP contribution >= 0.6 is 11.6 Å². The molecule has 0 saturated carbocycles. The maximum absolute atomic E-state index is 12.9. The van der Waals surface area contributed by atoms with Gasteiger partial charge in [0.05, 0.1) is 6.61 Å². The first-order chi connectivity index (χ1) is 15.1. The van der Waals surface area contributed by atoms with Gasteiger partial charge in [0.2, 0.25) is 11.9 Å². The molecule has 31 heavy (non-hydrogen) atoms. The van der Waals surface area contributed by atoms with E-state index < -0.39 is 17.9 Å². The summed E-state index contributed by atoms with van der Waals surface area (Å²) in [7, 11) is 0. The summed E-state index contributed by atoms with van der Waals surface area (Å²) in [6, 6.07) is 16.6. The predicted molar refractivity (Wildman–Crippen MR) is 120 cm³/mol. The molecule has 1 saturated heterocycles. The standard InChI is InChI=1S/C23H25ClN4O3/c1-2-31-22(30)19-20(16-6-4-3-5-7-16)25-23(26-21(19)29)28-14-12-27(13-15-28)18-10-8-17(24)9-11-18/h3-11,19-20H,2,12-15H2,1H3,(H,25,26,29)/t19-,20-/m0/s1. The number of esters is 1. The van der Waals surface area contributed by atoms with Crippen LogP contribution in [-0.2, 0) is 14.3 Å². The molecule has 2 aliphatic heterocycles. The van der Waals surface area contributed by atoms with Gasteiger partial charge in [-0.05, 0) is 36.8 Å². The van der Waals surface area contributed by atoms with E-state index in [4.69, 9.17) is 21.3 Å². The molecular weight excluding hydrogens is 416 g/mol. The molecule has 0 unspecified atom stereocenters. The SMILES string of the molecule is CCOC(=O)[C@@H]1C(=O)NC(N2CCN(c3ccc(Cl)cc3)CC2)=N[C@H]1c1ccccc1. The molecule has 0 spiro atoms. The average molecular weight is 441 g/mol. The molecule has 7 nitrogen and oxygen atoms in total. The summed E-state index contributed by atoms with van der Waals surface area (Å²) in [4.78, 5) is 34.6. The van der Waals surface area contributed by atoms with E-state index >= 15 is 0 Å². The third-order valence-corrected chi connectivity index (χ3v) is 5.80. The lowest BCUT2D eigenvalue weighted by Crippen LogP contribution is -2.57. The zero-order chi connectivity index (χ0) is 21.8. The van der Waals surface area contributed by atoms with Crippen molar-refractivity contribution in [2.45, 2.75) is 13.0 Å². The van der Waals surface area contributed by atoms with E-state index in [9.17, 15) is 9.59 Å². The molecule has 0 aliphatic carbocycles. The quantitative estimate of drug-likeness (QED) is 0.584. The summed E-state index contributed by atoms with van der Waals surface area (Å²) in [6.45, 7) is 4.92. The minimum atomic E-state index is -0.999. The number of nitrogens with zero attached hydrogens (tertiary/aromatic N) is 3. The molecule has 4 rings (SSSR count). The molecular formula is C23H25ClN4O3. The van der Waals surface area contributed by atoms with E-state index in [1.54, 1.807) is 6.92 Å². The lowest BCUT2D eigenvalue weighted by atomic mass is 9.91. The molecule has 8 heteroatoms. The Kier molecular flexibility index (Phi) is 6.42. The van der Waals surface area contributed by atoms with Crippen molar-refractivity contribution in [1.29, 1.82) is 0 Å². The lowest BCUT2D eigenvalue weighted by molar-refractivity contribution is -0.153. The summed E-state index contributed by atoms with van der Waals surface area (Å²) < 4.78 is 5.16. The summed E-state index contributed by atoms with van der Waals surface area (Å²) >= 11 is 5.99. The molecule has 162 valence electrons. The fourth-order valence-electron chi connectivity index (χ4n) is 3.94. The molecule has 0 bridgehead atoms. The van der Waals surface area contributed by atoms with Crippen LogP contribution in [0.5, 0.6) is 0 Å². The van der Waals surface area contributed by atoms with E-state index in [1.807, 2.05) is 54.6 Å². The second-order valence-corrected chi connectivity index (χ2v) is 7.91. The van der Waals surface area contributed by atoms with Crippen molar-refractivity contribution < 1.29 is 14.3 Å². The zero-order valence-corrected chi connectivity index (χ0v) is 18.1. The number of benzene rings is 2.